The van der Waals surface area contributed by atoms with E-state index in [1.165, 1.54) is 0 Å². The van der Waals surface area contributed by atoms with E-state index in [0.29, 0.717) is 5.75 Å². The lowest BCUT2D eigenvalue weighted by Gasteiger charge is -2.11. The lowest BCUT2D eigenvalue weighted by atomic mass is 10.2. The molecular weight excluding hydrogens is 276 g/mol. The number of nitrogens with one attached hydrogen (secondary N) is 1. The number of hydrogen-bond acceptors (Lipinski definition) is 5. The Morgan fingerprint density at radius 1 is 1.20 bits per heavy atom. The summed E-state index contributed by atoms with van der Waals surface area (Å²) < 4.78 is 28.3. The molecule has 0 saturated heterocycles. The maximum Gasteiger partial charge on any atom is 0.311 e. The average Bonchev–Trinajstić information content (AvgIpc) is 2.35. The summed E-state index contributed by atoms with van der Waals surface area (Å²) in [5.41, 5.74) is 1.10. The van der Waals surface area contributed by atoms with Gasteiger partial charge in [0.05, 0.1) is 5.25 Å². The van der Waals surface area contributed by atoms with Gasteiger partial charge in [0.2, 0.25) is 0 Å². The average molecular weight is 300 g/mol. The minimum absolute atomic E-state index is 0.357. The molecule has 0 fully saturated rings. The molecule has 0 aliphatic heterocycles. The third-order valence-electron chi connectivity index (χ3n) is 2.78. The van der Waals surface area contributed by atoms with Gasteiger partial charge in [-0.05, 0) is 45.6 Å². The van der Waals surface area contributed by atoms with Gasteiger partial charge in [-0.25, -0.2) is 0 Å². The second-order valence-electron chi connectivity index (χ2n) is 5.25. The van der Waals surface area contributed by atoms with Crippen LogP contribution in [-0.4, -0.2) is 45.8 Å². The summed E-state index contributed by atoms with van der Waals surface area (Å²) in [6.45, 7) is 5.84. The first kappa shape index (κ1) is 16.9. The van der Waals surface area contributed by atoms with Crippen molar-refractivity contribution in [1.29, 1.82) is 0 Å². The van der Waals surface area contributed by atoms with Crippen LogP contribution in [0.1, 0.15) is 19.4 Å². The molecule has 1 rings (SSSR count). The summed E-state index contributed by atoms with van der Waals surface area (Å²) in [7, 11) is 0.546. The first-order chi connectivity index (χ1) is 9.31. The van der Waals surface area contributed by atoms with Crippen molar-refractivity contribution in [3.63, 3.8) is 0 Å². The zero-order chi connectivity index (χ0) is 15.2. The topological polar surface area (TPSA) is 58.6 Å². The summed E-state index contributed by atoms with van der Waals surface area (Å²) in [5, 5.41) is 2.77. The number of benzene rings is 1. The number of hydrogen-bond donors (Lipinski definition) is 1. The van der Waals surface area contributed by atoms with E-state index < -0.39 is 15.4 Å². The fourth-order valence-electron chi connectivity index (χ4n) is 1.43. The first-order valence-corrected chi connectivity index (χ1v) is 8.16. The molecule has 1 aromatic carbocycles. The second-order valence-corrected chi connectivity index (χ2v) is 7.34. The van der Waals surface area contributed by atoms with Crippen LogP contribution in [0, 0.1) is 0 Å². The normalized spacial score (nSPS) is 12.1. The van der Waals surface area contributed by atoms with E-state index in [2.05, 4.69) is 10.2 Å². The third-order valence-corrected chi connectivity index (χ3v) is 4.36. The fraction of sp³-hybridized carbons (Fsp3) is 0.571. The summed E-state index contributed by atoms with van der Waals surface area (Å²) in [4.78, 5) is 2.11. The predicted molar refractivity (Wildman–Crippen MR) is 81.4 cm³/mol. The Kier molecular flexibility index (Phi) is 6.45. The Balaban J connectivity index is 2.48. The highest BCUT2D eigenvalue weighted by atomic mass is 32.2. The zero-order valence-electron chi connectivity index (χ0n) is 12.6. The van der Waals surface area contributed by atoms with Crippen molar-refractivity contribution >= 4 is 10.1 Å². The largest absolute Gasteiger partial charge is 0.382 e. The maximum absolute atomic E-state index is 11.6. The summed E-state index contributed by atoms with van der Waals surface area (Å²) in [5.74, 6) is 0.357. The van der Waals surface area contributed by atoms with Crippen LogP contribution in [0.4, 0.5) is 0 Å². The molecule has 0 spiro atoms. The quantitative estimate of drug-likeness (QED) is 0.582. The molecule has 1 aromatic rings. The predicted octanol–water partition coefficient (Wildman–Crippen LogP) is 1.45. The molecule has 0 saturated carbocycles. The van der Waals surface area contributed by atoms with Crippen LogP contribution >= 0.6 is 0 Å². The van der Waals surface area contributed by atoms with E-state index >= 15 is 0 Å². The van der Waals surface area contributed by atoms with Crippen LogP contribution in [0.2, 0.25) is 0 Å². The molecule has 6 heteroatoms. The van der Waals surface area contributed by atoms with Crippen LogP contribution in [-0.2, 0) is 16.7 Å². The van der Waals surface area contributed by atoms with Crippen LogP contribution in [0.25, 0.3) is 0 Å². The van der Waals surface area contributed by atoms with Crippen molar-refractivity contribution in [2.45, 2.75) is 25.6 Å². The van der Waals surface area contributed by atoms with E-state index in [1.807, 2.05) is 26.2 Å². The van der Waals surface area contributed by atoms with Gasteiger partial charge < -0.3 is 14.4 Å². The lowest BCUT2D eigenvalue weighted by molar-refractivity contribution is 0.400. The van der Waals surface area contributed by atoms with E-state index in [0.717, 1.165) is 25.2 Å². The Bertz CT molecular complexity index is 496. The van der Waals surface area contributed by atoms with Crippen LogP contribution in [0.5, 0.6) is 5.75 Å². The molecule has 0 radical (unpaired) electrons. The highest BCUT2D eigenvalue weighted by Gasteiger charge is 2.17. The minimum atomic E-state index is -3.52. The molecular formula is C14H24N2O3S. The maximum atomic E-state index is 11.6. The fourth-order valence-corrected chi connectivity index (χ4v) is 2.00. The van der Waals surface area contributed by atoms with Gasteiger partial charge in [-0.3, -0.25) is 0 Å². The van der Waals surface area contributed by atoms with Gasteiger partial charge in [0.15, 0.2) is 0 Å². The van der Waals surface area contributed by atoms with Crippen molar-refractivity contribution in [2.75, 3.05) is 27.2 Å². The second kappa shape index (κ2) is 7.61. The summed E-state index contributed by atoms with van der Waals surface area (Å²) in [6.07, 6.45) is 0. The molecule has 114 valence electrons. The van der Waals surface area contributed by atoms with Crippen molar-refractivity contribution in [2.24, 2.45) is 0 Å². The van der Waals surface area contributed by atoms with Gasteiger partial charge in [-0.1, -0.05) is 12.1 Å². The van der Waals surface area contributed by atoms with Crippen molar-refractivity contribution in [1.82, 2.24) is 10.2 Å². The lowest BCUT2D eigenvalue weighted by Crippen LogP contribution is -2.26. The molecule has 0 bridgehead atoms. The molecule has 20 heavy (non-hydrogen) atoms. The Morgan fingerprint density at radius 2 is 1.80 bits per heavy atom. The number of likely N-dealkylation sites (N-methyl/N-ethyl adjacent to an activating group) is 1. The van der Waals surface area contributed by atoms with E-state index in [4.69, 9.17) is 4.18 Å². The first-order valence-electron chi connectivity index (χ1n) is 6.69. The van der Waals surface area contributed by atoms with Crippen LogP contribution in [0.15, 0.2) is 24.3 Å². The smallest absolute Gasteiger partial charge is 0.311 e. The molecule has 0 amide bonds. The molecule has 0 aromatic heterocycles. The van der Waals surface area contributed by atoms with Crippen LogP contribution in [0.3, 0.4) is 0 Å². The van der Waals surface area contributed by atoms with Crippen molar-refractivity contribution < 1.29 is 12.6 Å². The summed E-state index contributed by atoms with van der Waals surface area (Å²) >= 11 is 0. The van der Waals surface area contributed by atoms with Gasteiger partial charge in [-0.2, -0.15) is 8.42 Å². The highest BCUT2D eigenvalue weighted by Crippen LogP contribution is 2.16. The van der Waals surface area contributed by atoms with Gasteiger partial charge in [-0.15, -0.1) is 0 Å². The van der Waals surface area contributed by atoms with E-state index in [1.54, 1.807) is 26.0 Å². The number of nitrogens with zero attached hydrogens (tertiary/aromatic N) is 1. The number of rotatable bonds is 8. The molecule has 0 atom stereocenters. The Hall–Kier alpha value is -1.11. The zero-order valence-corrected chi connectivity index (χ0v) is 13.4. The van der Waals surface area contributed by atoms with Gasteiger partial charge in [0, 0.05) is 19.6 Å². The Morgan fingerprint density at radius 3 is 2.30 bits per heavy atom. The highest BCUT2D eigenvalue weighted by molar-refractivity contribution is 7.87. The van der Waals surface area contributed by atoms with Gasteiger partial charge in [0.1, 0.15) is 5.75 Å². The van der Waals surface area contributed by atoms with Crippen molar-refractivity contribution in [3.8, 4) is 5.75 Å². The molecule has 0 heterocycles. The molecule has 0 unspecified atom stereocenters. The standard InChI is InChI=1S/C14H24N2O3S/c1-12(2)20(17,18)19-14-7-5-13(6-8-14)11-15-9-10-16(3)4/h5-8,12,15H,9-11H2,1-4H3. The van der Waals surface area contributed by atoms with Gasteiger partial charge >= 0.3 is 10.1 Å². The van der Waals surface area contributed by atoms with Crippen molar-refractivity contribution in [3.05, 3.63) is 29.8 Å². The molecule has 5 nitrogen and oxygen atoms in total. The molecule has 0 aliphatic carbocycles. The minimum Gasteiger partial charge on any atom is -0.382 e. The molecule has 0 aliphatic rings. The van der Waals surface area contributed by atoms with E-state index in [9.17, 15) is 8.42 Å². The SMILES string of the molecule is CC(C)S(=O)(=O)Oc1ccc(CNCCN(C)C)cc1. The monoisotopic (exact) mass is 300 g/mol. The van der Waals surface area contributed by atoms with Crippen LogP contribution < -0.4 is 9.50 Å². The Labute approximate surface area is 122 Å². The van der Waals surface area contributed by atoms with Gasteiger partial charge in [0.25, 0.3) is 0 Å². The van der Waals surface area contributed by atoms with E-state index in [-0.39, 0.29) is 0 Å². The molecule has 1 N–H and O–H groups in total. The third kappa shape index (κ3) is 5.90. The summed E-state index contributed by atoms with van der Waals surface area (Å²) in [6, 6.07) is 7.10.